The van der Waals surface area contributed by atoms with Crippen molar-refractivity contribution in [1.82, 2.24) is 0 Å². The van der Waals surface area contributed by atoms with Crippen LogP contribution in [0, 0.1) is 12.7 Å². The highest BCUT2D eigenvalue weighted by Crippen LogP contribution is 2.36. The summed E-state index contributed by atoms with van der Waals surface area (Å²) in [5.74, 6) is -0.424. The molecule has 5 heteroatoms. The third-order valence-electron chi connectivity index (χ3n) is 4.12. The topological polar surface area (TPSA) is 38.7 Å². The molecule has 1 fully saturated rings. The van der Waals surface area contributed by atoms with Crippen molar-refractivity contribution in [3.8, 4) is 0 Å². The van der Waals surface area contributed by atoms with Crippen LogP contribution in [0.15, 0.2) is 12.1 Å². The molecule has 1 aliphatic rings. The summed E-state index contributed by atoms with van der Waals surface area (Å²) in [6, 6.07) is 3.18. The molecule has 19 heavy (non-hydrogen) atoms. The maximum absolute atomic E-state index is 13.9. The van der Waals surface area contributed by atoms with Crippen LogP contribution in [0.2, 0.25) is 0 Å². The summed E-state index contributed by atoms with van der Waals surface area (Å²) >= 11 is 0. The first-order chi connectivity index (χ1) is 8.68. The highest BCUT2D eigenvalue weighted by molar-refractivity contribution is 6.62. The molecule has 0 aromatic heterocycles. The normalized spacial score (nSPS) is 20.9. The number of aliphatic hydroxyl groups excluding tert-OH is 1. The van der Waals surface area contributed by atoms with Crippen LogP contribution in [0.5, 0.6) is 0 Å². The molecule has 0 radical (unpaired) electrons. The number of rotatable bonds is 2. The molecule has 0 saturated carbocycles. The first-order valence-corrected chi connectivity index (χ1v) is 6.43. The van der Waals surface area contributed by atoms with Gasteiger partial charge in [0.1, 0.15) is 5.82 Å². The van der Waals surface area contributed by atoms with Crippen LogP contribution in [0.25, 0.3) is 0 Å². The Morgan fingerprint density at radius 2 is 1.68 bits per heavy atom. The maximum atomic E-state index is 13.9. The van der Waals surface area contributed by atoms with Crippen molar-refractivity contribution < 1.29 is 18.8 Å². The van der Waals surface area contributed by atoms with E-state index in [0.717, 1.165) is 0 Å². The summed E-state index contributed by atoms with van der Waals surface area (Å²) < 4.78 is 25.6. The van der Waals surface area contributed by atoms with Gasteiger partial charge in [0, 0.05) is 5.56 Å². The highest BCUT2D eigenvalue weighted by atomic mass is 19.1. The largest absolute Gasteiger partial charge is 0.494 e. The van der Waals surface area contributed by atoms with Gasteiger partial charge in [-0.3, -0.25) is 0 Å². The molecule has 104 valence electrons. The first-order valence-electron chi connectivity index (χ1n) is 6.43. The molecule has 0 aliphatic carbocycles. The second kappa shape index (κ2) is 4.58. The van der Waals surface area contributed by atoms with E-state index in [4.69, 9.17) is 14.4 Å². The van der Waals surface area contributed by atoms with Crippen LogP contribution < -0.4 is 5.46 Å². The van der Waals surface area contributed by atoms with Crippen molar-refractivity contribution in [2.75, 3.05) is 0 Å². The molecule has 0 spiro atoms. The summed E-state index contributed by atoms with van der Waals surface area (Å²) in [6.45, 7) is 9.29. The van der Waals surface area contributed by atoms with Gasteiger partial charge in [0.05, 0.1) is 17.8 Å². The molecule has 1 aromatic rings. The average molecular weight is 266 g/mol. The summed E-state index contributed by atoms with van der Waals surface area (Å²) in [5.41, 5.74) is 0.772. The molecule has 2 rings (SSSR count). The van der Waals surface area contributed by atoms with Crippen molar-refractivity contribution in [2.45, 2.75) is 52.4 Å². The second-order valence-electron chi connectivity index (χ2n) is 6.04. The van der Waals surface area contributed by atoms with Gasteiger partial charge in [0.15, 0.2) is 0 Å². The molecular formula is C14H20BFO3. The Kier molecular flexibility index (Phi) is 3.50. The quantitative estimate of drug-likeness (QED) is 0.831. The zero-order valence-electron chi connectivity index (χ0n) is 12.1. The molecule has 1 saturated heterocycles. The number of halogens is 1. The standard InChI is InChI=1S/C14H20BFO3/c1-9-6-10(7-12(16)11(9)8-17)15-18-13(2,3)14(4,5)19-15/h6-7,17H,8H2,1-5H3. The monoisotopic (exact) mass is 266 g/mol. The summed E-state index contributed by atoms with van der Waals surface area (Å²) in [7, 11) is -0.578. The van der Waals surface area contributed by atoms with Gasteiger partial charge in [-0.05, 0) is 51.7 Å². The minimum Gasteiger partial charge on any atom is -0.399 e. The Balaban J connectivity index is 2.35. The third kappa shape index (κ3) is 2.42. The van der Waals surface area contributed by atoms with Gasteiger partial charge in [0.2, 0.25) is 0 Å². The van der Waals surface area contributed by atoms with Gasteiger partial charge < -0.3 is 14.4 Å². The molecule has 1 aromatic carbocycles. The minimum atomic E-state index is -0.578. The number of hydrogen-bond acceptors (Lipinski definition) is 3. The smallest absolute Gasteiger partial charge is 0.399 e. The summed E-state index contributed by atoms with van der Waals surface area (Å²) in [4.78, 5) is 0. The van der Waals surface area contributed by atoms with E-state index in [1.165, 1.54) is 6.07 Å². The van der Waals surface area contributed by atoms with Crippen molar-refractivity contribution in [1.29, 1.82) is 0 Å². The number of aryl methyl sites for hydroxylation is 1. The average Bonchev–Trinajstić information content (AvgIpc) is 2.47. The molecule has 1 N–H and O–H groups in total. The van der Waals surface area contributed by atoms with Gasteiger partial charge in [-0.15, -0.1) is 0 Å². The zero-order chi connectivity index (χ0) is 14.4. The van der Waals surface area contributed by atoms with Crippen molar-refractivity contribution >= 4 is 12.6 Å². The molecule has 1 aliphatic heterocycles. The van der Waals surface area contributed by atoms with E-state index >= 15 is 0 Å². The number of hydrogen-bond donors (Lipinski definition) is 1. The third-order valence-corrected chi connectivity index (χ3v) is 4.12. The van der Waals surface area contributed by atoms with Gasteiger partial charge in [-0.2, -0.15) is 0 Å². The van der Waals surface area contributed by atoms with Crippen molar-refractivity contribution in [3.63, 3.8) is 0 Å². The van der Waals surface area contributed by atoms with Crippen LogP contribution in [-0.2, 0) is 15.9 Å². The van der Waals surface area contributed by atoms with E-state index in [-0.39, 0.29) is 6.61 Å². The Morgan fingerprint density at radius 3 is 2.11 bits per heavy atom. The molecule has 0 bridgehead atoms. The van der Waals surface area contributed by atoms with Gasteiger partial charge in [-0.25, -0.2) is 4.39 Å². The van der Waals surface area contributed by atoms with E-state index in [0.29, 0.717) is 16.6 Å². The van der Waals surface area contributed by atoms with E-state index in [2.05, 4.69) is 0 Å². The van der Waals surface area contributed by atoms with Gasteiger partial charge in [0.25, 0.3) is 0 Å². The predicted octanol–water partition coefficient (Wildman–Crippen LogP) is 1.93. The zero-order valence-corrected chi connectivity index (χ0v) is 12.1. The molecule has 3 nitrogen and oxygen atoms in total. The summed E-state index contributed by atoms with van der Waals surface area (Å²) in [6.07, 6.45) is 0. The Hall–Kier alpha value is -0.905. The Labute approximate surface area is 113 Å². The fourth-order valence-electron chi connectivity index (χ4n) is 2.12. The van der Waals surface area contributed by atoms with Crippen LogP contribution >= 0.6 is 0 Å². The maximum Gasteiger partial charge on any atom is 0.494 e. The number of aliphatic hydroxyl groups is 1. The fourth-order valence-corrected chi connectivity index (χ4v) is 2.12. The second-order valence-corrected chi connectivity index (χ2v) is 6.04. The lowest BCUT2D eigenvalue weighted by Crippen LogP contribution is -2.41. The Morgan fingerprint density at radius 1 is 1.16 bits per heavy atom. The molecule has 1 heterocycles. The SMILES string of the molecule is Cc1cc(B2OC(C)(C)C(C)(C)O2)cc(F)c1CO. The van der Waals surface area contributed by atoms with Gasteiger partial charge >= 0.3 is 7.12 Å². The number of benzene rings is 1. The minimum absolute atomic E-state index is 0.304. The first kappa shape index (κ1) is 14.5. The molecular weight excluding hydrogens is 246 g/mol. The molecule has 0 atom stereocenters. The lowest BCUT2D eigenvalue weighted by molar-refractivity contribution is 0.00578. The van der Waals surface area contributed by atoms with E-state index in [9.17, 15) is 4.39 Å². The highest BCUT2D eigenvalue weighted by Gasteiger charge is 2.51. The predicted molar refractivity (Wildman–Crippen MR) is 72.8 cm³/mol. The van der Waals surface area contributed by atoms with Crippen LogP contribution in [0.4, 0.5) is 4.39 Å². The van der Waals surface area contributed by atoms with Crippen molar-refractivity contribution in [2.24, 2.45) is 0 Å². The molecule has 0 unspecified atom stereocenters. The van der Waals surface area contributed by atoms with Crippen LogP contribution in [0.3, 0.4) is 0 Å². The van der Waals surface area contributed by atoms with E-state index in [1.807, 2.05) is 27.7 Å². The van der Waals surface area contributed by atoms with Crippen LogP contribution in [-0.4, -0.2) is 23.4 Å². The Bertz CT molecular complexity index is 460. The van der Waals surface area contributed by atoms with Gasteiger partial charge in [-0.1, -0.05) is 6.07 Å². The van der Waals surface area contributed by atoms with Crippen LogP contribution in [0.1, 0.15) is 38.8 Å². The summed E-state index contributed by atoms with van der Waals surface area (Å²) in [5, 5.41) is 9.12. The van der Waals surface area contributed by atoms with Crippen molar-refractivity contribution in [3.05, 3.63) is 29.1 Å². The lowest BCUT2D eigenvalue weighted by atomic mass is 9.77. The van der Waals surface area contributed by atoms with E-state index in [1.54, 1.807) is 13.0 Å². The molecule has 0 amide bonds. The lowest BCUT2D eigenvalue weighted by Gasteiger charge is -2.32. The fraction of sp³-hybridized carbons (Fsp3) is 0.571. The van der Waals surface area contributed by atoms with E-state index < -0.39 is 24.1 Å².